The first-order valence-electron chi connectivity index (χ1n) is 3.65. The van der Waals surface area contributed by atoms with Crippen LogP contribution >= 0.6 is 0 Å². The largest absolute Gasteiger partial charge is 0.619 e. The van der Waals surface area contributed by atoms with Gasteiger partial charge in [0.15, 0.2) is 24.0 Å². The van der Waals surface area contributed by atoms with Crippen LogP contribution < -0.4 is 4.73 Å². The van der Waals surface area contributed by atoms with Crippen LogP contribution in [0.3, 0.4) is 0 Å². The Morgan fingerprint density at radius 2 is 1.92 bits per heavy atom. The summed E-state index contributed by atoms with van der Waals surface area (Å²) in [6.07, 6.45) is 2.24. The fourth-order valence-corrected chi connectivity index (χ4v) is 1.18. The van der Waals surface area contributed by atoms with E-state index in [1.54, 1.807) is 0 Å². The molecule has 4 heteroatoms. The lowest BCUT2D eigenvalue weighted by molar-refractivity contribution is -0.603. The van der Waals surface area contributed by atoms with Gasteiger partial charge in [-0.05, 0) is 11.5 Å². The highest BCUT2D eigenvalue weighted by atomic mass is 19.2. The van der Waals surface area contributed by atoms with Crippen molar-refractivity contribution in [3.8, 4) is 0 Å². The topological polar surface area (TPSA) is 26.9 Å². The second-order valence-corrected chi connectivity index (χ2v) is 2.67. The van der Waals surface area contributed by atoms with Gasteiger partial charge in [-0.1, -0.05) is 6.07 Å². The summed E-state index contributed by atoms with van der Waals surface area (Å²) in [5.41, 5.74) is 0. The van der Waals surface area contributed by atoms with Crippen LogP contribution in [-0.4, -0.2) is 0 Å². The summed E-state index contributed by atoms with van der Waals surface area (Å²) in [5.74, 6) is -1.93. The van der Waals surface area contributed by atoms with Crippen molar-refractivity contribution in [2.75, 3.05) is 0 Å². The summed E-state index contributed by atoms with van der Waals surface area (Å²) in [6, 6.07) is 3.89. The van der Waals surface area contributed by atoms with Crippen molar-refractivity contribution in [2.45, 2.75) is 0 Å². The summed E-state index contributed by atoms with van der Waals surface area (Å²) in [4.78, 5) is 0. The van der Waals surface area contributed by atoms with Crippen molar-refractivity contribution in [1.29, 1.82) is 0 Å². The van der Waals surface area contributed by atoms with E-state index in [2.05, 4.69) is 0 Å². The highest BCUT2D eigenvalue weighted by Gasteiger charge is 2.08. The van der Waals surface area contributed by atoms with Crippen LogP contribution in [0, 0.1) is 16.8 Å². The molecule has 0 atom stereocenters. The lowest BCUT2D eigenvalue weighted by Crippen LogP contribution is -2.23. The molecule has 0 fully saturated rings. The Morgan fingerprint density at radius 3 is 2.69 bits per heavy atom. The van der Waals surface area contributed by atoms with E-state index in [9.17, 15) is 14.0 Å². The van der Waals surface area contributed by atoms with Crippen molar-refractivity contribution in [1.82, 2.24) is 0 Å². The van der Waals surface area contributed by atoms with Crippen LogP contribution in [0.1, 0.15) is 0 Å². The Kier molecular flexibility index (Phi) is 1.62. The standard InChI is InChI=1S/C9H5F2NO/c10-8-2-1-6-3-4-12(13)5-7(6)9(8)11/h1-5H. The molecule has 66 valence electrons. The van der Waals surface area contributed by atoms with Gasteiger partial charge in [0.05, 0.1) is 5.39 Å². The third-order valence-corrected chi connectivity index (χ3v) is 1.82. The number of nitrogens with zero attached hydrogens (tertiary/aromatic N) is 1. The zero-order chi connectivity index (χ0) is 9.42. The number of hydrogen-bond acceptors (Lipinski definition) is 1. The number of rotatable bonds is 0. The molecule has 0 radical (unpaired) electrons. The maximum atomic E-state index is 13.1. The SMILES string of the molecule is [O-][n+]1ccc2ccc(F)c(F)c2c1. The lowest BCUT2D eigenvalue weighted by atomic mass is 10.2. The number of benzene rings is 1. The maximum Gasteiger partial charge on any atom is 0.191 e. The Balaban J connectivity index is 2.89. The molecule has 0 aliphatic heterocycles. The van der Waals surface area contributed by atoms with Crippen molar-refractivity contribution in [3.63, 3.8) is 0 Å². The molecule has 0 amide bonds. The van der Waals surface area contributed by atoms with Gasteiger partial charge in [-0.3, -0.25) is 0 Å². The van der Waals surface area contributed by atoms with E-state index in [0.29, 0.717) is 10.1 Å². The van der Waals surface area contributed by atoms with Crippen molar-refractivity contribution in [3.05, 3.63) is 47.4 Å². The van der Waals surface area contributed by atoms with Gasteiger partial charge in [0.2, 0.25) is 0 Å². The average molecular weight is 181 g/mol. The second kappa shape index (κ2) is 2.65. The molecule has 0 spiro atoms. The molecule has 1 aromatic carbocycles. The third kappa shape index (κ3) is 1.20. The molecular formula is C9H5F2NO. The monoisotopic (exact) mass is 181 g/mol. The van der Waals surface area contributed by atoms with Crippen LogP contribution in [0.2, 0.25) is 0 Å². The minimum atomic E-state index is -0.984. The molecule has 0 aliphatic carbocycles. The van der Waals surface area contributed by atoms with Gasteiger partial charge in [-0.15, -0.1) is 0 Å². The van der Waals surface area contributed by atoms with E-state index in [4.69, 9.17) is 0 Å². The van der Waals surface area contributed by atoms with Crippen molar-refractivity contribution in [2.24, 2.45) is 0 Å². The Bertz CT molecular complexity index is 465. The van der Waals surface area contributed by atoms with E-state index in [0.717, 1.165) is 12.3 Å². The molecule has 13 heavy (non-hydrogen) atoms. The van der Waals surface area contributed by atoms with Gasteiger partial charge in [-0.25, -0.2) is 8.78 Å². The molecular weight excluding hydrogens is 176 g/mol. The highest BCUT2D eigenvalue weighted by molar-refractivity contribution is 5.81. The third-order valence-electron chi connectivity index (χ3n) is 1.82. The van der Waals surface area contributed by atoms with Gasteiger partial charge in [0.25, 0.3) is 0 Å². The maximum absolute atomic E-state index is 13.1. The number of aromatic nitrogens is 1. The molecule has 0 N–H and O–H groups in total. The van der Waals surface area contributed by atoms with Crippen LogP contribution in [0.15, 0.2) is 30.6 Å². The van der Waals surface area contributed by atoms with Gasteiger partial charge in [0, 0.05) is 6.07 Å². The first-order valence-corrected chi connectivity index (χ1v) is 3.65. The first kappa shape index (κ1) is 7.91. The predicted molar refractivity (Wildman–Crippen MR) is 42.8 cm³/mol. The van der Waals surface area contributed by atoms with E-state index in [1.807, 2.05) is 0 Å². The normalized spacial score (nSPS) is 10.6. The molecule has 2 aromatic rings. The Morgan fingerprint density at radius 1 is 1.15 bits per heavy atom. The fourth-order valence-electron chi connectivity index (χ4n) is 1.18. The average Bonchev–Trinajstić information content (AvgIpc) is 2.12. The van der Waals surface area contributed by atoms with Crippen molar-refractivity contribution < 1.29 is 13.5 Å². The van der Waals surface area contributed by atoms with Gasteiger partial charge in [0.1, 0.15) is 0 Å². The number of halogens is 2. The van der Waals surface area contributed by atoms with E-state index in [1.165, 1.54) is 18.3 Å². The highest BCUT2D eigenvalue weighted by Crippen LogP contribution is 2.17. The lowest BCUT2D eigenvalue weighted by Gasteiger charge is -2.00. The molecule has 0 saturated carbocycles. The number of fused-ring (bicyclic) bond motifs is 1. The van der Waals surface area contributed by atoms with Crippen LogP contribution in [0.5, 0.6) is 0 Å². The van der Waals surface area contributed by atoms with Gasteiger partial charge >= 0.3 is 0 Å². The quantitative estimate of drug-likeness (QED) is 0.449. The molecule has 2 rings (SSSR count). The Labute approximate surface area is 72.6 Å². The van der Waals surface area contributed by atoms with E-state index >= 15 is 0 Å². The van der Waals surface area contributed by atoms with E-state index in [-0.39, 0.29) is 5.39 Å². The number of hydrogen-bond donors (Lipinski definition) is 0. The van der Waals surface area contributed by atoms with Crippen LogP contribution in [-0.2, 0) is 0 Å². The zero-order valence-corrected chi connectivity index (χ0v) is 6.50. The van der Waals surface area contributed by atoms with Crippen LogP contribution in [0.25, 0.3) is 10.8 Å². The number of pyridine rings is 1. The summed E-state index contributed by atoms with van der Waals surface area (Å²) in [7, 11) is 0. The molecule has 0 unspecified atom stereocenters. The molecule has 0 saturated heterocycles. The molecule has 0 aliphatic rings. The predicted octanol–water partition coefficient (Wildman–Crippen LogP) is 1.75. The minimum absolute atomic E-state index is 0.00231. The van der Waals surface area contributed by atoms with Gasteiger partial charge in [-0.2, -0.15) is 4.73 Å². The zero-order valence-electron chi connectivity index (χ0n) is 6.50. The van der Waals surface area contributed by atoms with Crippen LogP contribution in [0.4, 0.5) is 8.78 Å². The molecule has 1 aromatic heterocycles. The summed E-state index contributed by atoms with van der Waals surface area (Å²) in [5, 5.41) is 11.3. The molecule has 2 nitrogen and oxygen atoms in total. The second-order valence-electron chi connectivity index (χ2n) is 2.67. The summed E-state index contributed by atoms with van der Waals surface area (Å²) in [6.45, 7) is 0. The minimum Gasteiger partial charge on any atom is -0.619 e. The Hall–Kier alpha value is -1.71. The summed E-state index contributed by atoms with van der Waals surface area (Å²) >= 11 is 0. The first-order chi connectivity index (χ1) is 6.18. The fraction of sp³-hybridized carbons (Fsp3) is 0. The molecule has 0 bridgehead atoms. The van der Waals surface area contributed by atoms with Gasteiger partial charge < -0.3 is 5.21 Å². The summed E-state index contributed by atoms with van der Waals surface area (Å²) < 4.78 is 26.2. The molecule has 1 heterocycles. The van der Waals surface area contributed by atoms with Crippen molar-refractivity contribution >= 4 is 10.8 Å². The smallest absolute Gasteiger partial charge is 0.191 e. The van der Waals surface area contributed by atoms with E-state index < -0.39 is 11.6 Å².